The van der Waals surface area contributed by atoms with Gasteiger partial charge in [0.05, 0.1) is 10.9 Å². The summed E-state index contributed by atoms with van der Waals surface area (Å²) in [6.07, 6.45) is 2.43. The number of ketones is 1. The molecule has 11 nitrogen and oxygen atoms in total. The number of hydrogen-bond donors (Lipinski definition) is 3. The molecule has 0 bridgehead atoms. The molecule has 53 heavy (non-hydrogen) atoms. The fraction of sp³-hybridized carbons (Fsp3) is 0.429. The molecule has 3 aromatic carbocycles. The molecule has 0 radical (unpaired) electrons. The summed E-state index contributed by atoms with van der Waals surface area (Å²) < 4.78 is 17.9. The Morgan fingerprint density at radius 2 is 1.53 bits per heavy atom. The lowest BCUT2D eigenvalue weighted by Gasteiger charge is -2.31. The van der Waals surface area contributed by atoms with Crippen LogP contribution in [-0.4, -0.2) is 78.4 Å². The van der Waals surface area contributed by atoms with E-state index in [0.717, 1.165) is 22.0 Å². The first-order chi connectivity index (χ1) is 25.5. The lowest BCUT2D eigenvalue weighted by atomic mass is 10.00. The minimum atomic E-state index is -0.918. The van der Waals surface area contributed by atoms with Crippen molar-refractivity contribution in [1.29, 1.82) is 0 Å². The van der Waals surface area contributed by atoms with Crippen LogP contribution in [0.1, 0.15) is 68.9 Å². The summed E-state index contributed by atoms with van der Waals surface area (Å²) in [5, 5.41) is 9.85. The molecule has 1 aliphatic rings. The number of pyridine rings is 1. The van der Waals surface area contributed by atoms with Crippen molar-refractivity contribution in [2.24, 2.45) is 5.41 Å². The van der Waals surface area contributed by atoms with Crippen molar-refractivity contribution in [1.82, 2.24) is 25.8 Å². The highest BCUT2D eigenvalue weighted by molar-refractivity contribution is 6.03. The smallest absolute Gasteiger partial charge is 0.315 e. The molecule has 3 N–H and O–H groups in total. The van der Waals surface area contributed by atoms with Gasteiger partial charge in [-0.15, -0.1) is 0 Å². The molecule has 1 aromatic heterocycles. The largest absolute Gasteiger partial charge is 0.488 e. The number of hydrogen-bond acceptors (Lipinski definition) is 8. The maximum Gasteiger partial charge on any atom is 0.315 e. The van der Waals surface area contributed by atoms with E-state index in [2.05, 4.69) is 25.8 Å². The number of amides is 3. The van der Waals surface area contributed by atoms with Gasteiger partial charge in [-0.05, 0) is 95.0 Å². The van der Waals surface area contributed by atoms with Crippen LogP contribution in [-0.2, 0) is 27.4 Å². The van der Waals surface area contributed by atoms with Crippen LogP contribution in [0.3, 0.4) is 0 Å². The molecule has 0 spiro atoms. The van der Waals surface area contributed by atoms with Crippen LogP contribution in [0.4, 0.5) is 4.79 Å². The quantitative estimate of drug-likeness (QED) is 0.0764. The Hall–Kier alpha value is -4.84. The Labute approximate surface area is 312 Å². The van der Waals surface area contributed by atoms with E-state index in [4.69, 9.17) is 14.2 Å². The number of fused-ring (bicyclic) bond motifs is 1. The van der Waals surface area contributed by atoms with Crippen LogP contribution in [0.2, 0.25) is 0 Å². The Balaban J connectivity index is 1.38. The molecular formula is C42H53N5O6. The maximum atomic E-state index is 14.4. The monoisotopic (exact) mass is 723 g/mol. The SMILES string of the molecule is CCOC(CN(Cc1ccnc2ccccc12)CC(NC(=O)C1(CNC(=O)NCc2ccccc2)CC1)C(=O)c1ccc(OC(C)(C)C)cc1)OCC. The Morgan fingerprint density at radius 1 is 0.849 bits per heavy atom. The number of urea groups is 1. The van der Waals surface area contributed by atoms with Crippen LogP contribution < -0.4 is 20.7 Å². The predicted molar refractivity (Wildman–Crippen MR) is 205 cm³/mol. The molecular weight excluding hydrogens is 670 g/mol. The number of benzene rings is 3. The van der Waals surface area contributed by atoms with Crippen molar-refractivity contribution in [2.45, 2.75) is 78.5 Å². The van der Waals surface area contributed by atoms with Crippen LogP contribution in [0.25, 0.3) is 10.9 Å². The fourth-order valence-electron chi connectivity index (χ4n) is 6.20. The van der Waals surface area contributed by atoms with Gasteiger partial charge in [0.15, 0.2) is 12.1 Å². The molecule has 11 heteroatoms. The summed E-state index contributed by atoms with van der Waals surface area (Å²) in [5.74, 6) is 0.136. The van der Waals surface area contributed by atoms with E-state index >= 15 is 0 Å². The number of carbonyl (C=O) groups is 3. The topological polar surface area (TPSA) is 131 Å². The zero-order chi connectivity index (χ0) is 37.8. The van der Waals surface area contributed by atoms with Gasteiger partial charge in [0.2, 0.25) is 5.91 Å². The molecule has 5 rings (SSSR count). The highest BCUT2D eigenvalue weighted by atomic mass is 16.7. The first-order valence-electron chi connectivity index (χ1n) is 18.5. The molecule has 0 aliphatic heterocycles. The first-order valence-corrected chi connectivity index (χ1v) is 18.5. The molecule has 1 fully saturated rings. The highest BCUT2D eigenvalue weighted by Crippen LogP contribution is 2.45. The number of carbonyl (C=O) groups excluding carboxylic acids is 3. The Bertz CT molecular complexity index is 1800. The van der Waals surface area contributed by atoms with Gasteiger partial charge in [0, 0.05) is 63.1 Å². The lowest BCUT2D eigenvalue weighted by Crippen LogP contribution is -2.53. The lowest BCUT2D eigenvalue weighted by molar-refractivity contribution is -0.148. The molecule has 4 aromatic rings. The number of aromatic nitrogens is 1. The minimum absolute atomic E-state index is 0.155. The van der Waals surface area contributed by atoms with Crippen LogP contribution >= 0.6 is 0 Å². The number of nitrogens with zero attached hydrogens (tertiary/aromatic N) is 2. The Morgan fingerprint density at radius 3 is 2.19 bits per heavy atom. The van der Waals surface area contributed by atoms with Crippen molar-refractivity contribution >= 4 is 28.6 Å². The molecule has 282 valence electrons. The van der Waals surface area contributed by atoms with Crippen molar-refractivity contribution < 1.29 is 28.6 Å². The highest BCUT2D eigenvalue weighted by Gasteiger charge is 2.50. The van der Waals surface area contributed by atoms with Gasteiger partial charge < -0.3 is 30.2 Å². The number of ether oxygens (including phenoxy) is 3. The predicted octanol–water partition coefficient (Wildman–Crippen LogP) is 6.26. The third kappa shape index (κ3) is 11.6. The maximum absolute atomic E-state index is 14.4. The molecule has 1 atom stereocenters. The van der Waals surface area contributed by atoms with Gasteiger partial charge in [-0.3, -0.25) is 19.5 Å². The molecule has 1 heterocycles. The number of Topliss-reactive ketones (excluding diaryl/α,β-unsaturated/α-hetero) is 1. The fourth-order valence-corrected chi connectivity index (χ4v) is 6.20. The van der Waals surface area contributed by atoms with Crippen LogP contribution in [0, 0.1) is 5.41 Å². The van der Waals surface area contributed by atoms with E-state index < -0.39 is 23.3 Å². The summed E-state index contributed by atoms with van der Waals surface area (Å²) in [6, 6.07) is 25.3. The molecule has 1 unspecified atom stereocenters. The zero-order valence-electron chi connectivity index (χ0n) is 31.5. The standard InChI is InChI=1S/C42H53N5O6/c1-6-51-37(52-7-2)28-47(26-32-21-24-43-35-16-12-11-15-34(32)35)27-36(38(48)31-17-19-33(20-18-31)53-41(3,4)5)46-39(49)42(22-23-42)29-45-40(50)44-25-30-13-9-8-10-14-30/h8-21,24,36-37H,6-7,22-23,25-29H2,1-5H3,(H,46,49)(H2,44,45,50). The summed E-state index contributed by atoms with van der Waals surface area (Å²) >= 11 is 0. The molecule has 1 saturated carbocycles. The first kappa shape index (κ1) is 39.4. The molecule has 1 aliphatic carbocycles. The van der Waals surface area contributed by atoms with Gasteiger partial charge in [-0.2, -0.15) is 0 Å². The summed E-state index contributed by atoms with van der Waals surface area (Å²) in [5.41, 5.74) is 2.10. The average molecular weight is 724 g/mol. The van der Waals surface area contributed by atoms with Gasteiger partial charge in [-0.25, -0.2) is 4.79 Å². The molecule has 3 amide bonds. The van der Waals surface area contributed by atoms with E-state index in [1.54, 1.807) is 30.5 Å². The summed E-state index contributed by atoms with van der Waals surface area (Å²) in [7, 11) is 0. The normalized spacial score (nSPS) is 14.2. The summed E-state index contributed by atoms with van der Waals surface area (Å²) in [6.45, 7) is 12.1. The third-order valence-corrected chi connectivity index (χ3v) is 9.09. The number of rotatable bonds is 19. The summed E-state index contributed by atoms with van der Waals surface area (Å²) in [4.78, 5) is 47.8. The van der Waals surface area contributed by atoms with Crippen molar-refractivity contribution in [2.75, 3.05) is 32.8 Å². The zero-order valence-corrected chi connectivity index (χ0v) is 31.5. The van der Waals surface area contributed by atoms with Gasteiger partial charge >= 0.3 is 6.03 Å². The van der Waals surface area contributed by atoms with Crippen LogP contribution in [0.5, 0.6) is 5.75 Å². The van der Waals surface area contributed by atoms with Crippen molar-refractivity contribution in [3.05, 3.63) is 108 Å². The average Bonchev–Trinajstić information content (AvgIpc) is 3.94. The van der Waals surface area contributed by atoms with E-state index in [1.165, 1.54) is 0 Å². The van der Waals surface area contributed by atoms with Crippen molar-refractivity contribution in [3.63, 3.8) is 0 Å². The van der Waals surface area contributed by atoms with E-state index in [-0.39, 0.29) is 30.8 Å². The van der Waals surface area contributed by atoms with Crippen LogP contribution in [0.15, 0.2) is 91.1 Å². The van der Waals surface area contributed by atoms with E-state index in [0.29, 0.717) is 57.0 Å². The second kappa shape index (κ2) is 18.3. The van der Waals surface area contributed by atoms with Gasteiger partial charge in [0.25, 0.3) is 0 Å². The third-order valence-electron chi connectivity index (χ3n) is 9.09. The minimum Gasteiger partial charge on any atom is -0.488 e. The second-order valence-electron chi connectivity index (χ2n) is 14.5. The van der Waals surface area contributed by atoms with Crippen molar-refractivity contribution in [3.8, 4) is 5.75 Å². The number of para-hydroxylation sites is 1. The molecule has 0 saturated heterocycles. The van der Waals surface area contributed by atoms with E-state index in [1.807, 2.05) is 95.3 Å². The van der Waals surface area contributed by atoms with E-state index in [9.17, 15) is 14.4 Å². The van der Waals surface area contributed by atoms with Gasteiger partial charge in [0.1, 0.15) is 17.4 Å². The number of nitrogens with one attached hydrogen (secondary N) is 3. The van der Waals surface area contributed by atoms with Gasteiger partial charge in [-0.1, -0.05) is 48.5 Å². The Kier molecular flexibility index (Phi) is 13.6. The second-order valence-corrected chi connectivity index (χ2v) is 14.5.